The second-order valence-electron chi connectivity index (χ2n) is 5.08. The number of hydrogen-bond acceptors (Lipinski definition) is 3. The number of β-amino-alcohol motifs (C(OH)–C–C–N with tert-alkyl or cyclic N) is 1. The smallest absolute Gasteiger partial charge is 0.317 e. The van der Waals surface area contributed by atoms with Crippen molar-refractivity contribution >= 4 is 6.03 Å². The van der Waals surface area contributed by atoms with Crippen molar-refractivity contribution in [2.24, 2.45) is 0 Å². The molecule has 3 N–H and O–H groups in total. The molecule has 0 radical (unpaired) electrons. The number of carbonyl (C=O) groups excluding carboxylic acids is 1. The van der Waals surface area contributed by atoms with E-state index in [1.165, 1.54) is 0 Å². The van der Waals surface area contributed by atoms with Crippen LogP contribution < -0.4 is 10.6 Å². The van der Waals surface area contributed by atoms with Gasteiger partial charge in [0.2, 0.25) is 0 Å². The Labute approximate surface area is 90.8 Å². The number of amides is 2. The maximum absolute atomic E-state index is 11.8. The first-order chi connectivity index (χ1) is 6.81. The molecule has 0 unspecified atom stereocenters. The molecule has 15 heavy (non-hydrogen) atoms. The lowest BCUT2D eigenvalue weighted by Crippen LogP contribution is -2.53. The summed E-state index contributed by atoms with van der Waals surface area (Å²) in [5.74, 6) is 0. The van der Waals surface area contributed by atoms with Gasteiger partial charge < -0.3 is 20.6 Å². The van der Waals surface area contributed by atoms with Gasteiger partial charge in [-0.2, -0.15) is 0 Å². The number of aliphatic hydroxyl groups is 1. The van der Waals surface area contributed by atoms with E-state index in [0.717, 1.165) is 0 Å². The van der Waals surface area contributed by atoms with Gasteiger partial charge in [0.05, 0.1) is 12.1 Å². The van der Waals surface area contributed by atoms with Gasteiger partial charge in [0, 0.05) is 25.7 Å². The van der Waals surface area contributed by atoms with Crippen LogP contribution in [-0.2, 0) is 0 Å². The van der Waals surface area contributed by atoms with E-state index in [-0.39, 0.29) is 17.6 Å². The maximum Gasteiger partial charge on any atom is 0.317 e. The average molecular weight is 215 g/mol. The third-order valence-electron chi connectivity index (χ3n) is 2.45. The lowest BCUT2D eigenvalue weighted by atomic mass is 10.1. The van der Waals surface area contributed by atoms with Crippen LogP contribution in [-0.4, -0.2) is 53.9 Å². The molecule has 1 saturated heterocycles. The fourth-order valence-electron chi connectivity index (χ4n) is 1.61. The molecule has 0 aromatic rings. The van der Waals surface area contributed by atoms with E-state index in [2.05, 4.69) is 10.6 Å². The van der Waals surface area contributed by atoms with Gasteiger partial charge in [-0.3, -0.25) is 0 Å². The minimum absolute atomic E-state index is 0.132. The van der Waals surface area contributed by atoms with Gasteiger partial charge in [0.1, 0.15) is 0 Å². The first-order valence-corrected chi connectivity index (χ1v) is 5.25. The van der Waals surface area contributed by atoms with Crippen molar-refractivity contribution in [2.45, 2.75) is 38.5 Å². The van der Waals surface area contributed by atoms with Crippen LogP contribution in [0.5, 0.6) is 0 Å². The summed E-state index contributed by atoms with van der Waals surface area (Å²) >= 11 is 0. The van der Waals surface area contributed by atoms with E-state index >= 15 is 0 Å². The van der Waals surface area contributed by atoms with E-state index in [1.54, 1.807) is 11.9 Å². The molecular formula is C10H21N3O2. The molecule has 88 valence electrons. The first kappa shape index (κ1) is 12.3. The summed E-state index contributed by atoms with van der Waals surface area (Å²) in [5, 5.41) is 15.5. The van der Waals surface area contributed by atoms with Gasteiger partial charge in [0.25, 0.3) is 0 Å². The van der Waals surface area contributed by atoms with Gasteiger partial charge >= 0.3 is 6.03 Å². The third-order valence-corrected chi connectivity index (χ3v) is 2.45. The number of rotatable bonds is 1. The zero-order valence-electron chi connectivity index (χ0n) is 9.87. The minimum atomic E-state index is -0.472. The fourth-order valence-corrected chi connectivity index (χ4v) is 1.61. The molecule has 0 aromatic carbocycles. The molecule has 5 nitrogen and oxygen atoms in total. The summed E-state index contributed by atoms with van der Waals surface area (Å²) in [5.41, 5.74) is -0.248. The molecule has 1 rings (SSSR count). The van der Waals surface area contributed by atoms with Crippen LogP contribution in [0.4, 0.5) is 4.79 Å². The Kier molecular flexibility index (Phi) is 3.57. The fraction of sp³-hybridized carbons (Fsp3) is 0.900. The van der Waals surface area contributed by atoms with Gasteiger partial charge in [-0.15, -0.1) is 0 Å². The van der Waals surface area contributed by atoms with E-state index in [1.807, 2.05) is 20.8 Å². The topological polar surface area (TPSA) is 64.6 Å². The summed E-state index contributed by atoms with van der Waals surface area (Å²) in [6, 6.07) is -0.275. The number of carbonyl (C=O) groups is 1. The van der Waals surface area contributed by atoms with Crippen LogP contribution >= 0.6 is 0 Å². The van der Waals surface area contributed by atoms with Crippen molar-refractivity contribution in [3.05, 3.63) is 0 Å². The molecule has 1 heterocycles. The summed E-state index contributed by atoms with van der Waals surface area (Å²) in [6.45, 7) is 7.00. The second kappa shape index (κ2) is 4.37. The van der Waals surface area contributed by atoms with Crippen LogP contribution in [0.2, 0.25) is 0 Å². The number of hydrogen-bond donors (Lipinski definition) is 3. The molecule has 0 bridgehead atoms. The largest absolute Gasteiger partial charge is 0.390 e. The summed E-state index contributed by atoms with van der Waals surface area (Å²) < 4.78 is 0. The molecule has 5 heteroatoms. The van der Waals surface area contributed by atoms with Gasteiger partial charge in [-0.1, -0.05) is 0 Å². The van der Waals surface area contributed by atoms with Crippen molar-refractivity contribution in [1.29, 1.82) is 0 Å². The third kappa shape index (κ3) is 3.35. The van der Waals surface area contributed by atoms with Gasteiger partial charge in [0.15, 0.2) is 0 Å². The van der Waals surface area contributed by atoms with Crippen molar-refractivity contribution in [3.8, 4) is 0 Å². The highest BCUT2D eigenvalue weighted by Crippen LogP contribution is 2.09. The molecule has 0 aromatic heterocycles. The highest BCUT2D eigenvalue weighted by molar-refractivity contribution is 5.75. The lowest BCUT2D eigenvalue weighted by molar-refractivity contribution is 0.107. The van der Waals surface area contributed by atoms with E-state index in [0.29, 0.717) is 13.1 Å². The number of aliphatic hydroxyl groups excluding tert-OH is 1. The summed E-state index contributed by atoms with van der Waals surface area (Å²) in [7, 11) is 1.71. The molecule has 0 saturated carbocycles. The van der Waals surface area contributed by atoms with Crippen LogP contribution in [0.25, 0.3) is 0 Å². The Balaban J connectivity index is 2.52. The molecule has 1 aliphatic rings. The predicted octanol–water partition coefficient (Wildman–Crippen LogP) is -0.241. The Morgan fingerprint density at radius 3 is 2.47 bits per heavy atom. The molecule has 0 spiro atoms. The normalized spacial score (nSPS) is 26.5. The number of urea groups is 1. The number of nitrogens with one attached hydrogen (secondary N) is 2. The summed E-state index contributed by atoms with van der Waals surface area (Å²) in [6.07, 6.45) is -0.472. The Hall–Kier alpha value is -0.810. The zero-order valence-corrected chi connectivity index (χ0v) is 9.87. The van der Waals surface area contributed by atoms with Crippen LogP contribution in [0.15, 0.2) is 0 Å². The van der Waals surface area contributed by atoms with E-state index in [9.17, 15) is 9.90 Å². The Morgan fingerprint density at radius 2 is 2.07 bits per heavy atom. The number of likely N-dealkylation sites (N-methyl/N-ethyl adjacent to an activating group) is 1. The van der Waals surface area contributed by atoms with Gasteiger partial charge in [-0.05, 0) is 20.8 Å². The molecular weight excluding hydrogens is 194 g/mol. The van der Waals surface area contributed by atoms with Crippen molar-refractivity contribution in [2.75, 3.05) is 20.1 Å². The molecule has 0 aliphatic carbocycles. The van der Waals surface area contributed by atoms with Crippen molar-refractivity contribution < 1.29 is 9.90 Å². The standard InChI is InChI=1S/C10H21N3O2/c1-10(2,3)12-9(15)13(4)7-5-11-6-8(7)14/h7-8,11,14H,5-6H2,1-4H3,(H,12,15)/t7-,8-/m1/s1. The lowest BCUT2D eigenvalue weighted by Gasteiger charge is -2.30. The molecule has 1 fully saturated rings. The minimum Gasteiger partial charge on any atom is -0.390 e. The second-order valence-corrected chi connectivity index (χ2v) is 5.08. The van der Waals surface area contributed by atoms with E-state index < -0.39 is 6.10 Å². The predicted molar refractivity (Wildman–Crippen MR) is 58.7 cm³/mol. The van der Waals surface area contributed by atoms with Crippen LogP contribution in [0, 0.1) is 0 Å². The monoisotopic (exact) mass is 215 g/mol. The number of nitrogens with zero attached hydrogens (tertiary/aromatic N) is 1. The van der Waals surface area contributed by atoms with Crippen LogP contribution in [0.3, 0.4) is 0 Å². The first-order valence-electron chi connectivity index (χ1n) is 5.25. The zero-order chi connectivity index (χ0) is 11.6. The van der Waals surface area contributed by atoms with Crippen molar-refractivity contribution in [3.63, 3.8) is 0 Å². The highest BCUT2D eigenvalue weighted by Gasteiger charge is 2.32. The SMILES string of the molecule is CN(C(=O)NC(C)(C)C)[C@@H]1CNC[C@H]1O. The van der Waals surface area contributed by atoms with E-state index in [4.69, 9.17) is 0 Å². The molecule has 1 aliphatic heterocycles. The molecule has 2 amide bonds. The van der Waals surface area contributed by atoms with Gasteiger partial charge in [-0.25, -0.2) is 4.79 Å². The highest BCUT2D eigenvalue weighted by atomic mass is 16.3. The Bertz CT molecular complexity index is 237. The molecule has 2 atom stereocenters. The maximum atomic E-state index is 11.8. The summed E-state index contributed by atoms with van der Waals surface area (Å²) in [4.78, 5) is 13.3. The van der Waals surface area contributed by atoms with Crippen molar-refractivity contribution in [1.82, 2.24) is 15.5 Å². The quantitative estimate of drug-likeness (QED) is 0.565. The van der Waals surface area contributed by atoms with Crippen LogP contribution in [0.1, 0.15) is 20.8 Å². The Morgan fingerprint density at radius 1 is 1.47 bits per heavy atom. The average Bonchev–Trinajstić information content (AvgIpc) is 2.47.